The summed E-state index contributed by atoms with van der Waals surface area (Å²) in [6.45, 7) is 7.04. The number of carboxylic acids is 1. The maximum absolute atomic E-state index is 11.2. The average Bonchev–Trinajstić information content (AvgIpc) is 2.93. The second kappa shape index (κ2) is 5.78. The highest BCUT2D eigenvalue weighted by Gasteiger charge is 2.19. The molecule has 0 spiro atoms. The topological polar surface area (TPSA) is 72.9 Å². The van der Waals surface area contributed by atoms with Crippen molar-refractivity contribution in [3.63, 3.8) is 0 Å². The lowest BCUT2D eigenvalue weighted by atomic mass is 10.3. The molecule has 108 valence electrons. The van der Waals surface area contributed by atoms with Crippen molar-refractivity contribution in [1.29, 1.82) is 0 Å². The number of carbonyl (C=O) groups is 1. The van der Waals surface area contributed by atoms with Gasteiger partial charge in [-0.3, -0.25) is 4.68 Å². The number of hydrogen-bond donors (Lipinski definition) is 1. The summed E-state index contributed by atoms with van der Waals surface area (Å²) in [6.07, 6.45) is 2.22. The highest BCUT2D eigenvalue weighted by molar-refractivity contribution is 9.10. The van der Waals surface area contributed by atoms with Crippen molar-refractivity contribution < 1.29 is 9.90 Å². The Morgan fingerprint density at radius 2 is 2.15 bits per heavy atom. The molecule has 0 aromatic carbocycles. The Labute approximate surface area is 125 Å². The second-order valence-corrected chi connectivity index (χ2v) is 5.25. The SMILES string of the molecule is CCc1nn(CC)c(Cn2c(C(=O)O)cnc2C)c1Br. The molecule has 7 heteroatoms. The maximum Gasteiger partial charge on any atom is 0.354 e. The number of aryl methyl sites for hydroxylation is 3. The van der Waals surface area contributed by atoms with Crippen LogP contribution >= 0.6 is 15.9 Å². The molecular formula is C13H17BrN4O2. The fourth-order valence-corrected chi connectivity index (χ4v) is 2.85. The predicted molar refractivity (Wildman–Crippen MR) is 78.0 cm³/mol. The number of imidazole rings is 1. The van der Waals surface area contributed by atoms with E-state index in [1.807, 2.05) is 18.5 Å². The van der Waals surface area contributed by atoms with Crippen LogP contribution in [0.5, 0.6) is 0 Å². The Balaban J connectivity index is 2.47. The molecule has 0 radical (unpaired) electrons. The van der Waals surface area contributed by atoms with Crippen LogP contribution in [0.25, 0.3) is 0 Å². The third-order valence-electron chi connectivity index (χ3n) is 3.28. The minimum atomic E-state index is -0.972. The Morgan fingerprint density at radius 1 is 1.45 bits per heavy atom. The van der Waals surface area contributed by atoms with Crippen LogP contribution in [0, 0.1) is 6.92 Å². The fourth-order valence-electron chi connectivity index (χ4n) is 2.16. The highest BCUT2D eigenvalue weighted by Crippen LogP contribution is 2.24. The van der Waals surface area contributed by atoms with Crippen LogP contribution in [-0.4, -0.2) is 30.4 Å². The first kappa shape index (κ1) is 14.8. The first-order valence-corrected chi connectivity index (χ1v) is 7.28. The van der Waals surface area contributed by atoms with Crippen molar-refractivity contribution in [3.05, 3.63) is 33.6 Å². The quantitative estimate of drug-likeness (QED) is 0.907. The zero-order valence-corrected chi connectivity index (χ0v) is 13.3. The van der Waals surface area contributed by atoms with Gasteiger partial charge in [-0.15, -0.1) is 0 Å². The smallest absolute Gasteiger partial charge is 0.354 e. The molecule has 0 saturated heterocycles. The first-order valence-electron chi connectivity index (χ1n) is 6.49. The number of halogens is 1. The van der Waals surface area contributed by atoms with Gasteiger partial charge in [-0.25, -0.2) is 9.78 Å². The van der Waals surface area contributed by atoms with E-state index in [0.717, 1.165) is 28.8 Å². The van der Waals surface area contributed by atoms with Gasteiger partial charge in [0, 0.05) is 6.54 Å². The number of nitrogens with zero attached hydrogens (tertiary/aromatic N) is 4. The summed E-state index contributed by atoms with van der Waals surface area (Å²) in [5, 5.41) is 13.7. The number of hydrogen-bond acceptors (Lipinski definition) is 3. The standard InChI is InChI=1S/C13H17BrN4O2/c1-4-9-12(14)11(18(5-2)16-9)7-17-8(3)15-6-10(17)13(19)20/h6H,4-5,7H2,1-3H3,(H,19,20). The summed E-state index contributed by atoms with van der Waals surface area (Å²) in [5.74, 6) is -0.295. The first-order chi connectivity index (χ1) is 9.49. The van der Waals surface area contributed by atoms with Gasteiger partial charge in [-0.2, -0.15) is 5.10 Å². The van der Waals surface area contributed by atoms with E-state index in [0.29, 0.717) is 12.4 Å². The van der Waals surface area contributed by atoms with Gasteiger partial charge < -0.3 is 9.67 Å². The number of aromatic nitrogens is 4. The highest BCUT2D eigenvalue weighted by atomic mass is 79.9. The molecule has 0 atom stereocenters. The van der Waals surface area contributed by atoms with Gasteiger partial charge in [0.2, 0.25) is 0 Å². The molecular weight excluding hydrogens is 324 g/mol. The molecule has 2 heterocycles. The third kappa shape index (κ3) is 2.49. The van der Waals surface area contributed by atoms with E-state index < -0.39 is 5.97 Å². The van der Waals surface area contributed by atoms with Crippen molar-refractivity contribution in [3.8, 4) is 0 Å². The van der Waals surface area contributed by atoms with E-state index in [4.69, 9.17) is 0 Å². The molecule has 0 aliphatic heterocycles. The summed E-state index contributed by atoms with van der Waals surface area (Å²) in [6, 6.07) is 0. The Hall–Kier alpha value is -1.63. The van der Waals surface area contributed by atoms with Crippen LogP contribution < -0.4 is 0 Å². The monoisotopic (exact) mass is 340 g/mol. The van der Waals surface area contributed by atoms with E-state index in [1.54, 1.807) is 11.5 Å². The van der Waals surface area contributed by atoms with Gasteiger partial charge in [0.25, 0.3) is 0 Å². The van der Waals surface area contributed by atoms with Gasteiger partial charge in [0.15, 0.2) is 0 Å². The van der Waals surface area contributed by atoms with Crippen molar-refractivity contribution in [2.45, 2.75) is 40.3 Å². The van der Waals surface area contributed by atoms with Crippen molar-refractivity contribution in [1.82, 2.24) is 19.3 Å². The zero-order valence-electron chi connectivity index (χ0n) is 11.7. The predicted octanol–water partition coefficient (Wildman–Crippen LogP) is 2.48. The van der Waals surface area contributed by atoms with Gasteiger partial charge in [-0.1, -0.05) is 6.92 Å². The molecule has 0 saturated carbocycles. The van der Waals surface area contributed by atoms with Crippen LogP contribution in [0.2, 0.25) is 0 Å². The van der Waals surface area contributed by atoms with Crippen molar-refractivity contribution in [2.75, 3.05) is 0 Å². The normalized spacial score (nSPS) is 11.0. The molecule has 0 unspecified atom stereocenters. The van der Waals surface area contributed by atoms with Crippen molar-refractivity contribution in [2.24, 2.45) is 0 Å². The summed E-state index contributed by atoms with van der Waals surface area (Å²) in [7, 11) is 0. The van der Waals surface area contributed by atoms with Gasteiger partial charge >= 0.3 is 5.97 Å². The fraction of sp³-hybridized carbons (Fsp3) is 0.462. The Bertz CT molecular complexity index is 645. The number of rotatable bonds is 5. The van der Waals surface area contributed by atoms with Gasteiger partial charge in [-0.05, 0) is 36.2 Å². The lowest BCUT2D eigenvalue weighted by Gasteiger charge is -2.10. The summed E-state index contributed by atoms with van der Waals surface area (Å²) < 4.78 is 4.54. The van der Waals surface area contributed by atoms with Crippen LogP contribution in [0.1, 0.15) is 41.5 Å². The molecule has 2 aromatic heterocycles. The van der Waals surface area contributed by atoms with Crippen LogP contribution in [-0.2, 0) is 19.5 Å². The van der Waals surface area contributed by atoms with Crippen molar-refractivity contribution >= 4 is 21.9 Å². The minimum Gasteiger partial charge on any atom is -0.477 e. The molecule has 0 aliphatic rings. The van der Waals surface area contributed by atoms with Gasteiger partial charge in [0.05, 0.1) is 28.6 Å². The molecule has 2 rings (SSSR count). The van der Waals surface area contributed by atoms with E-state index >= 15 is 0 Å². The molecule has 0 fully saturated rings. The molecule has 2 aromatic rings. The summed E-state index contributed by atoms with van der Waals surface area (Å²) >= 11 is 3.57. The van der Waals surface area contributed by atoms with Crippen LogP contribution in [0.4, 0.5) is 0 Å². The molecule has 6 nitrogen and oxygen atoms in total. The lowest BCUT2D eigenvalue weighted by molar-refractivity contribution is 0.0685. The molecule has 0 aliphatic carbocycles. The zero-order chi connectivity index (χ0) is 14.9. The average molecular weight is 341 g/mol. The van der Waals surface area contributed by atoms with E-state index in [-0.39, 0.29) is 5.69 Å². The van der Waals surface area contributed by atoms with E-state index in [9.17, 15) is 9.90 Å². The molecule has 0 amide bonds. The number of aromatic carboxylic acids is 1. The van der Waals surface area contributed by atoms with E-state index in [2.05, 4.69) is 26.0 Å². The van der Waals surface area contributed by atoms with Crippen LogP contribution in [0.15, 0.2) is 10.7 Å². The number of carboxylic acid groups (broad SMARTS) is 1. The third-order valence-corrected chi connectivity index (χ3v) is 4.19. The van der Waals surface area contributed by atoms with Crippen LogP contribution in [0.3, 0.4) is 0 Å². The Kier molecular flexibility index (Phi) is 4.27. The molecule has 20 heavy (non-hydrogen) atoms. The molecule has 1 N–H and O–H groups in total. The maximum atomic E-state index is 11.2. The molecule has 0 bridgehead atoms. The van der Waals surface area contributed by atoms with Gasteiger partial charge in [0.1, 0.15) is 11.5 Å². The lowest BCUT2D eigenvalue weighted by Crippen LogP contribution is -2.14. The summed E-state index contributed by atoms with van der Waals surface area (Å²) in [5.41, 5.74) is 2.14. The Morgan fingerprint density at radius 3 is 2.70 bits per heavy atom. The minimum absolute atomic E-state index is 0.191. The summed E-state index contributed by atoms with van der Waals surface area (Å²) in [4.78, 5) is 15.3. The second-order valence-electron chi connectivity index (χ2n) is 4.46. The largest absolute Gasteiger partial charge is 0.477 e. The van der Waals surface area contributed by atoms with E-state index in [1.165, 1.54) is 6.20 Å².